The predicted octanol–water partition coefficient (Wildman–Crippen LogP) is 2.16. The summed E-state index contributed by atoms with van der Waals surface area (Å²) in [5.41, 5.74) is 1.98. The molecule has 0 N–H and O–H groups in total. The van der Waals surface area contributed by atoms with Crippen LogP contribution in [0.25, 0.3) is 0 Å². The lowest BCUT2D eigenvalue weighted by molar-refractivity contribution is 0.0337. The Morgan fingerprint density at radius 2 is 1.67 bits per heavy atom. The zero-order chi connectivity index (χ0) is 20.3. The van der Waals surface area contributed by atoms with Crippen LogP contribution in [0.2, 0.25) is 0 Å². The van der Waals surface area contributed by atoms with Gasteiger partial charge >= 0.3 is 0 Å². The maximum Gasteiger partial charge on any atom is 0.254 e. The average Bonchev–Trinajstić information content (AvgIpc) is 3.36. The summed E-state index contributed by atoms with van der Waals surface area (Å²) in [6, 6.07) is 14.4. The fourth-order valence-corrected chi connectivity index (χ4v) is 5.37. The first-order chi connectivity index (χ1) is 14.8. The molecule has 2 aromatic rings. The summed E-state index contributed by atoms with van der Waals surface area (Å²) in [4.78, 5) is 24.6. The van der Waals surface area contributed by atoms with Crippen molar-refractivity contribution in [1.82, 2.24) is 19.7 Å². The van der Waals surface area contributed by atoms with E-state index in [1.165, 1.54) is 5.56 Å². The van der Waals surface area contributed by atoms with Gasteiger partial charge in [-0.25, -0.2) is 0 Å². The van der Waals surface area contributed by atoms with Crippen molar-refractivity contribution in [3.05, 3.63) is 66.0 Å². The third-order valence-electron chi connectivity index (χ3n) is 6.91. The number of hydrogen-bond acceptors (Lipinski definition) is 5. The van der Waals surface area contributed by atoms with Crippen molar-refractivity contribution >= 4 is 5.91 Å². The van der Waals surface area contributed by atoms with E-state index in [1.807, 2.05) is 18.2 Å². The Kier molecular flexibility index (Phi) is 5.79. The molecule has 6 heteroatoms. The van der Waals surface area contributed by atoms with Crippen LogP contribution < -0.4 is 0 Å². The number of rotatable bonds is 5. The molecule has 4 heterocycles. The Labute approximate surface area is 178 Å². The SMILES string of the molecule is O=C(c1ccncc1)N1C[C@@H]2CN(CCN3CCOCC3)C[C@@H]2[C@@H]1c1ccccc1. The summed E-state index contributed by atoms with van der Waals surface area (Å²) in [7, 11) is 0. The van der Waals surface area contributed by atoms with E-state index in [0.717, 1.165) is 64.6 Å². The maximum atomic E-state index is 13.3. The summed E-state index contributed by atoms with van der Waals surface area (Å²) >= 11 is 0. The number of fused-ring (bicyclic) bond motifs is 1. The highest BCUT2D eigenvalue weighted by Crippen LogP contribution is 2.45. The first-order valence-electron chi connectivity index (χ1n) is 11.1. The molecule has 1 aromatic carbocycles. The maximum absolute atomic E-state index is 13.3. The summed E-state index contributed by atoms with van der Waals surface area (Å²) in [6.07, 6.45) is 3.41. The number of nitrogens with zero attached hydrogens (tertiary/aromatic N) is 4. The monoisotopic (exact) mass is 406 g/mol. The lowest BCUT2D eigenvalue weighted by atomic mass is 9.89. The van der Waals surface area contributed by atoms with Crippen LogP contribution in [0.15, 0.2) is 54.9 Å². The number of carbonyl (C=O) groups excluding carboxylic acids is 1. The molecule has 158 valence electrons. The molecule has 0 unspecified atom stereocenters. The Morgan fingerprint density at radius 3 is 2.43 bits per heavy atom. The number of aromatic nitrogens is 1. The van der Waals surface area contributed by atoms with Crippen molar-refractivity contribution in [3.63, 3.8) is 0 Å². The molecule has 0 spiro atoms. The van der Waals surface area contributed by atoms with E-state index >= 15 is 0 Å². The molecule has 3 atom stereocenters. The van der Waals surface area contributed by atoms with Crippen LogP contribution in [0, 0.1) is 11.8 Å². The van der Waals surface area contributed by atoms with E-state index in [1.54, 1.807) is 12.4 Å². The highest BCUT2D eigenvalue weighted by Gasteiger charge is 2.49. The summed E-state index contributed by atoms with van der Waals surface area (Å²) in [5, 5.41) is 0. The van der Waals surface area contributed by atoms with Gasteiger partial charge in [0.25, 0.3) is 5.91 Å². The minimum absolute atomic E-state index is 0.125. The second-order valence-electron chi connectivity index (χ2n) is 8.69. The number of pyridine rings is 1. The van der Waals surface area contributed by atoms with Crippen LogP contribution in [0.3, 0.4) is 0 Å². The molecule has 30 heavy (non-hydrogen) atoms. The van der Waals surface area contributed by atoms with Gasteiger partial charge in [0.05, 0.1) is 19.3 Å². The molecule has 0 bridgehead atoms. The molecule has 6 nitrogen and oxygen atoms in total. The van der Waals surface area contributed by atoms with Crippen LogP contribution in [-0.4, -0.2) is 84.6 Å². The van der Waals surface area contributed by atoms with E-state index < -0.39 is 0 Å². The van der Waals surface area contributed by atoms with Gasteiger partial charge in [-0.1, -0.05) is 30.3 Å². The minimum atomic E-state index is 0.125. The number of hydrogen-bond donors (Lipinski definition) is 0. The van der Waals surface area contributed by atoms with Crippen molar-refractivity contribution in [3.8, 4) is 0 Å². The normalized spacial score (nSPS) is 27.3. The molecule has 3 aliphatic rings. The van der Waals surface area contributed by atoms with E-state index in [4.69, 9.17) is 4.74 Å². The van der Waals surface area contributed by atoms with Crippen molar-refractivity contribution in [2.24, 2.45) is 11.8 Å². The number of amides is 1. The summed E-state index contributed by atoms with van der Waals surface area (Å²) in [6.45, 7) is 8.99. The third kappa shape index (κ3) is 4.00. The van der Waals surface area contributed by atoms with E-state index in [2.05, 4.69) is 43.9 Å². The Balaban J connectivity index is 1.31. The summed E-state index contributed by atoms with van der Waals surface area (Å²) in [5.74, 6) is 1.15. The second-order valence-corrected chi connectivity index (χ2v) is 8.69. The molecule has 1 aromatic heterocycles. The van der Waals surface area contributed by atoms with Crippen molar-refractivity contribution in [2.75, 3.05) is 59.0 Å². The average molecular weight is 407 g/mol. The van der Waals surface area contributed by atoms with Crippen LogP contribution in [0.4, 0.5) is 0 Å². The molecule has 5 rings (SSSR count). The first-order valence-corrected chi connectivity index (χ1v) is 11.1. The van der Waals surface area contributed by atoms with Gasteiger partial charge < -0.3 is 14.5 Å². The van der Waals surface area contributed by atoms with E-state index in [9.17, 15) is 4.79 Å². The van der Waals surface area contributed by atoms with Gasteiger partial charge in [-0.05, 0) is 23.6 Å². The smallest absolute Gasteiger partial charge is 0.254 e. The molecule has 1 amide bonds. The molecular formula is C24H30N4O2. The lowest BCUT2D eigenvalue weighted by Gasteiger charge is -2.31. The van der Waals surface area contributed by atoms with Crippen LogP contribution in [0.5, 0.6) is 0 Å². The molecule has 0 radical (unpaired) electrons. The Hall–Kier alpha value is -2.28. The predicted molar refractivity (Wildman–Crippen MR) is 115 cm³/mol. The Bertz CT molecular complexity index is 841. The molecule has 3 aliphatic heterocycles. The Morgan fingerprint density at radius 1 is 0.933 bits per heavy atom. The fourth-order valence-electron chi connectivity index (χ4n) is 5.37. The molecule has 3 saturated heterocycles. The highest BCUT2D eigenvalue weighted by atomic mass is 16.5. The van der Waals surface area contributed by atoms with Gasteiger partial charge in [-0.2, -0.15) is 0 Å². The molecular weight excluding hydrogens is 376 g/mol. The number of likely N-dealkylation sites (tertiary alicyclic amines) is 2. The van der Waals surface area contributed by atoms with Gasteiger partial charge in [0, 0.05) is 69.7 Å². The van der Waals surface area contributed by atoms with Crippen molar-refractivity contribution in [2.45, 2.75) is 6.04 Å². The zero-order valence-corrected chi connectivity index (χ0v) is 17.4. The third-order valence-corrected chi connectivity index (χ3v) is 6.91. The first kappa shape index (κ1) is 19.7. The van der Waals surface area contributed by atoms with Crippen LogP contribution >= 0.6 is 0 Å². The van der Waals surface area contributed by atoms with E-state index in [0.29, 0.717) is 11.8 Å². The van der Waals surface area contributed by atoms with Gasteiger partial charge in [0.15, 0.2) is 0 Å². The van der Waals surface area contributed by atoms with Gasteiger partial charge in [-0.15, -0.1) is 0 Å². The topological polar surface area (TPSA) is 48.9 Å². The van der Waals surface area contributed by atoms with Crippen molar-refractivity contribution < 1.29 is 9.53 Å². The zero-order valence-electron chi connectivity index (χ0n) is 17.4. The second kappa shape index (κ2) is 8.84. The number of ether oxygens (including phenoxy) is 1. The molecule has 0 saturated carbocycles. The van der Waals surface area contributed by atoms with Gasteiger partial charge in [0.2, 0.25) is 0 Å². The standard InChI is InChI=1S/C24H30N4O2/c29-24(20-6-8-25-9-7-20)28-17-21-16-27(11-10-26-12-14-30-15-13-26)18-22(21)23(28)19-4-2-1-3-5-19/h1-9,21-23H,10-18H2/t21-,22-,23-/m0/s1. The van der Waals surface area contributed by atoms with E-state index in [-0.39, 0.29) is 11.9 Å². The lowest BCUT2D eigenvalue weighted by Crippen LogP contribution is -2.42. The quantitative estimate of drug-likeness (QED) is 0.762. The van der Waals surface area contributed by atoms with Crippen LogP contribution in [-0.2, 0) is 4.74 Å². The number of morpholine rings is 1. The minimum Gasteiger partial charge on any atom is -0.379 e. The fraction of sp³-hybridized carbons (Fsp3) is 0.500. The van der Waals surface area contributed by atoms with Crippen LogP contribution in [0.1, 0.15) is 22.0 Å². The number of carbonyl (C=O) groups is 1. The number of benzene rings is 1. The largest absolute Gasteiger partial charge is 0.379 e. The van der Waals surface area contributed by atoms with Crippen molar-refractivity contribution in [1.29, 1.82) is 0 Å². The molecule has 3 fully saturated rings. The molecule has 0 aliphatic carbocycles. The highest BCUT2D eigenvalue weighted by molar-refractivity contribution is 5.94. The van der Waals surface area contributed by atoms with Gasteiger partial charge in [-0.3, -0.25) is 14.7 Å². The van der Waals surface area contributed by atoms with Gasteiger partial charge in [0.1, 0.15) is 0 Å². The summed E-state index contributed by atoms with van der Waals surface area (Å²) < 4.78 is 5.47.